The first-order chi connectivity index (χ1) is 11.6. The van der Waals surface area contributed by atoms with Crippen LogP contribution in [0.2, 0.25) is 0 Å². The third kappa shape index (κ3) is 2.58. The molecule has 3 aromatic rings. The number of aryl methyl sites for hydroxylation is 1. The van der Waals surface area contributed by atoms with Crippen LogP contribution >= 0.6 is 0 Å². The zero-order valence-corrected chi connectivity index (χ0v) is 13.9. The third-order valence-electron chi connectivity index (χ3n) is 5.22. The Balaban J connectivity index is 1.48. The Bertz CT molecular complexity index is 846. The lowest BCUT2D eigenvalue weighted by Crippen LogP contribution is -2.36. The largest absolute Gasteiger partial charge is 0.361 e. The molecule has 126 valence electrons. The van der Waals surface area contributed by atoms with Gasteiger partial charge in [0.2, 0.25) is 0 Å². The number of piperidine rings is 1. The number of aromatic amines is 1. The van der Waals surface area contributed by atoms with Crippen molar-refractivity contribution in [3.8, 4) is 0 Å². The van der Waals surface area contributed by atoms with Gasteiger partial charge in [-0.15, -0.1) is 5.10 Å². The smallest absolute Gasteiger partial charge is 0.167 e. The average molecular weight is 328 g/mol. The van der Waals surface area contributed by atoms with E-state index in [1.54, 1.807) is 10.7 Å². The Morgan fingerprint density at radius 3 is 2.79 bits per heavy atom. The van der Waals surface area contributed by atoms with E-state index < -0.39 is 0 Å². The van der Waals surface area contributed by atoms with Crippen LogP contribution < -0.4 is 0 Å². The molecule has 24 heavy (non-hydrogen) atoms. The molecule has 1 fully saturated rings. The van der Waals surface area contributed by atoms with E-state index in [0.717, 1.165) is 42.7 Å². The summed E-state index contributed by atoms with van der Waals surface area (Å²) in [6.07, 6.45) is 4.21. The molecule has 0 amide bonds. The average Bonchev–Trinajstić information content (AvgIpc) is 3.20. The number of likely N-dealkylation sites (tertiary alicyclic amines) is 1. The predicted octanol–water partition coefficient (Wildman–Crippen LogP) is 2.77. The minimum absolute atomic E-state index is 0.197. The summed E-state index contributed by atoms with van der Waals surface area (Å²) in [5, 5.41) is 12.9. The molecule has 1 unspecified atom stereocenters. The summed E-state index contributed by atoms with van der Waals surface area (Å²) in [4.78, 5) is 5.63. The maximum absolute atomic E-state index is 13.4. The number of nitrogens with one attached hydrogen (secondary N) is 1. The lowest BCUT2D eigenvalue weighted by atomic mass is 9.88. The van der Waals surface area contributed by atoms with Crippen LogP contribution in [-0.2, 0) is 7.05 Å². The first-order valence-corrected chi connectivity index (χ1v) is 8.36. The van der Waals surface area contributed by atoms with E-state index in [0.29, 0.717) is 5.92 Å². The number of tetrazole rings is 1. The number of H-pyrrole nitrogens is 1. The first kappa shape index (κ1) is 15.3. The molecular weight excluding hydrogens is 307 g/mol. The van der Waals surface area contributed by atoms with Crippen molar-refractivity contribution in [3.05, 3.63) is 41.6 Å². The molecule has 0 radical (unpaired) electrons. The highest BCUT2D eigenvalue weighted by Gasteiger charge is 2.27. The summed E-state index contributed by atoms with van der Waals surface area (Å²) in [6, 6.07) is 5.20. The highest BCUT2D eigenvalue weighted by Crippen LogP contribution is 2.35. The van der Waals surface area contributed by atoms with Crippen LogP contribution in [0, 0.1) is 5.82 Å². The highest BCUT2D eigenvalue weighted by molar-refractivity contribution is 5.83. The summed E-state index contributed by atoms with van der Waals surface area (Å²) in [7, 11) is 1.88. The number of halogens is 1. The fraction of sp³-hybridized carbons (Fsp3) is 0.471. The van der Waals surface area contributed by atoms with Crippen molar-refractivity contribution < 1.29 is 4.39 Å². The second-order valence-electron chi connectivity index (χ2n) is 6.58. The van der Waals surface area contributed by atoms with Crippen molar-refractivity contribution >= 4 is 10.9 Å². The van der Waals surface area contributed by atoms with Gasteiger partial charge in [0.15, 0.2) is 5.82 Å². The highest BCUT2D eigenvalue weighted by atomic mass is 19.1. The lowest BCUT2D eigenvalue weighted by molar-refractivity contribution is 0.154. The van der Waals surface area contributed by atoms with Gasteiger partial charge in [-0.25, -0.2) is 9.07 Å². The second kappa shape index (κ2) is 5.98. The van der Waals surface area contributed by atoms with Gasteiger partial charge in [0, 0.05) is 24.1 Å². The van der Waals surface area contributed by atoms with Crippen LogP contribution in [0.25, 0.3) is 10.9 Å². The molecular formula is C17H21FN6. The maximum Gasteiger partial charge on any atom is 0.167 e. The minimum atomic E-state index is -0.197. The van der Waals surface area contributed by atoms with E-state index in [-0.39, 0.29) is 11.9 Å². The van der Waals surface area contributed by atoms with E-state index in [9.17, 15) is 4.39 Å². The molecule has 0 saturated carbocycles. The van der Waals surface area contributed by atoms with Gasteiger partial charge in [-0.1, -0.05) is 0 Å². The normalized spacial score (nSPS) is 18.3. The van der Waals surface area contributed by atoms with E-state index >= 15 is 0 Å². The Morgan fingerprint density at radius 1 is 1.29 bits per heavy atom. The predicted molar refractivity (Wildman–Crippen MR) is 89.0 cm³/mol. The van der Waals surface area contributed by atoms with Gasteiger partial charge >= 0.3 is 0 Å². The van der Waals surface area contributed by atoms with Crippen LogP contribution in [-0.4, -0.2) is 43.2 Å². The van der Waals surface area contributed by atoms with E-state index in [4.69, 9.17) is 0 Å². The molecule has 1 aliphatic heterocycles. The van der Waals surface area contributed by atoms with Gasteiger partial charge < -0.3 is 4.98 Å². The molecule has 2 aromatic heterocycles. The fourth-order valence-electron chi connectivity index (χ4n) is 3.81. The number of hydrogen-bond acceptors (Lipinski definition) is 4. The Kier molecular flexibility index (Phi) is 3.80. The molecule has 4 rings (SSSR count). The molecule has 1 saturated heterocycles. The summed E-state index contributed by atoms with van der Waals surface area (Å²) in [6.45, 7) is 4.17. The quantitative estimate of drug-likeness (QED) is 0.803. The number of benzene rings is 1. The number of nitrogens with zero attached hydrogens (tertiary/aromatic N) is 5. The zero-order valence-electron chi connectivity index (χ0n) is 13.9. The van der Waals surface area contributed by atoms with Gasteiger partial charge in [0.25, 0.3) is 0 Å². The molecule has 6 nitrogen and oxygen atoms in total. The second-order valence-corrected chi connectivity index (χ2v) is 6.58. The van der Waals surface area contributed by atoms with Crippen LogP contribution in [0.3, 0.4) is 0 Å². The molecule has 7 heteroatoms. The lowest BCUT2D eigenvalue weighted by Gasteiger charge is -2.35. The standard InChI is InChI=1S/C17H21FN6/c1-11(17-20-21-22-23(17)2)24-7-5-12(6-8-24)15-10-19-16-9-13(18)3-4-14(15)16/h3-4,9-12,19H,5-8H2,1-2H3. The number of hydrogen-bond donors (Lipinski definition) is 1. The summed E-state index contributed by atoms with van der Waals surface area (Å²) >= 11 is 0. The zero-order chi connectivity index (χ0) is 16.7. The molecule has 1 aromatic carbocycles. The summed E-state index contributed by atoms with van der Waals surface area (Å²) in [5.41, 5.74) is 2.18. The van der Waals surface area contributed by atoms with Crippen LogP contribution in [0.5, 0.6) is 0 Å². The van der Waals surface area contributed by atoms with Crippen LogP contribution in [0.15, 0.2) is 24.4 Å². The van der Waals surface area contributed by atoms with Crippen molar-refractivity contribution in [3.63, 3.8) is 0 Å². The summed E-state index contributed by atoms with van der Waals surface area (Å²) in [5.74, 6) is 1.21. The fourth-order valence-corrected chi connectivity index (χ4v) is 3.81. The molecule has 1 atom stereocenters. The monoisotopic (exact) mass is 328 g/mol. The SMILES string of the molecule is CC(c1nnnn1C)N1CCC(c2c[nH]c3cc(F)ccc23)CC1. The first-order valence-electron chi connectivity index (χ1n) is 8.36. The van der Waals surface area contributed by atoms with Gasteiger partial charge in [-0.05, 0) is 73.0 Å². The van der Waals surface area contributed by atoms with Gasteiger partial charge in [-0.2, -0.15) is 0 Å². The van der Waals surface area contributed by atoms with Crippen LogP contribution in [0.1, 0.15) is 43.1 Å². The van der Waals surface area contributed by atoms with Gasteiger partial charge in [-0.3, -0.25) is 4.90 Å². The van der Waals surface area contributed by atoms with Crippen molar-refractivity contribution in [2.75, 3.05) is 13.1 Å². The maximum atomic E-state index is 13.4. The van der Waals surface area contributed by atoms with Crippen molar-refractivity contribution in [1.29, 1.82) is 0 Å². The topological polar surface area (TPSA) is 62.6 Å². The number of aromatic nitrogens is 5. The van der Waals surface area contributed by atoms with Crippen molar-refractivity contribution in [1.82, 2.24) is 30.1 Å². The Morgan fingerprint density at radius 2 is 2.08 bits per heavy atom. The Hall–Kier alpha value is -2.28. The van der Waals surface area contributed by atoms with Crippen molar-refractivity contribution in [2.24, 2.45) is 7.05 Å². The third-order valence-corrected chi connectivity index (χ3v) is 5.22. The van der Waals surface area contributed by atoms with Gasteiger partial charge in [0.1, 0.15) is 5.82 Å². The molecule has 1 N–H and O–H groups in total. The van der Waals surface area contributed by atoms with Crippen molar-refractivity contribution in [2.45, 2.75) is 31.7 Å². The van der Waals surface area contributed by atoms with E-state index in [2.05, 4.69) is 32.3 Å². The van der Waals surface area contributed by atoms with Crippen LogP contribution in [0.4, 0.5) is 4.39 Å². The van der Waals surface area contributed by atoms with Gasteiger partial charge in [0.05, 0.1) is 6.04 Å². The van der Waals surface area contributed by atoms with E-state index in [1.165, 1.54) is 11.6 Å². The molecule has 1 aliphatic rings. The number of fused-ring (bicyclic) bond motifs is 1. The summed E-state index contributed by atoms with van der Waals surface area (Å²) < 4.78 is 15.1. The number of rotatable bonds is 3. The molecule has 0 spiro atoms. The molecule has 0 aliphatic carbocycles. The van der Waals surface area contributed by atoms with E-state index in [1.807, 2.05) is 19.3 Å². The molecule has 3 heterocycles. The Labute approximate surface area is 139 Å². The minimum Gasteiger partial charge on any atom is -0.361 e. The molecule has 0 bridgehead atoms.